The summed E-state index contributed by atoms with van der Waals surface area (Å²) in [5.74, 6) is 0.597. The van der Waals surface area contributed by atoms with Crippen LogP contribution in [0.2, 0.25) is 0 Å². The van der Waals surface area contributed by atoms with E-state index in [1.54, 1.807) is 16.8 Å². The number of benzene rings is 1. The molecule has 1 saturated heterocycles. The van der Waals surface area contributed by atoms with Gasteiger partial charge in [0.25, 0.3) is 0 Å². The fraction of sp³-hybridized carbons (Fsp3) is 0.200. The molecule has 31 heavy (non-hydrogen) atoms. The van der Waals surface area contributed by atoms with Crippen molar-refractivity contribution in [2.75, 3.05) is 36.4 Å². The van der Waals surface area contributed by atoms with Crippen LogP contribution in [0.5, 0.6) is 5.06 Å². The lowest BCUT2D eigenvalue weighted by Gasteiger charge is -2.29. The van der Waals surface area contributed by atoms with Gasteiger partial charge >= 0.3 is 6.09 Å². The number of hydrogen-bond acceptors (Lipinski definition) is 9. The largest absolute Gasteiger partial charge is 0.410 e. The zero-order valence-corrected chi connectivity index (χ0v) is 17.3. The highest BCUT2D eigenvalue weighted by molar-refractivity contribution is 7.12. The molecule has 0 spiro atoms. The molecule has 0 unspecified atom stereocenters. The molecule has 11 heteroatoms. The Morgan fingerprint density at radius 1 is 1.19 bits per heavy atom. The van der Waals surface area contributed by atoms with Gasteiger partial charge in [-0.1, -0.05) is 0 Å². The molecule has 4 heterocycles. The first-order chi connectivity index (χ1) is 15.2. The number of ether oxygens (including phenoxy) is 1. The number of nitrogens with two attached hydrogens (primary N) is 1. The minimum atomic E-state index is -0.847. The van der Waals surface area contributed by atoms with Crippen molar-refractivity contribution in [2.45, 2.75) is 0 Å². The SMILES string of the molecule is NC(=O)Oc1cc(-c2cnc(Nc3ccc(N4CCNCC4)cc3)c3ncnn23)cs1. The Morgan fingerprint density at radius 2 is 2.00 bits per heavy atom. The van der Waals surface area contributed by atoms with Gasteiger partial charge in [-0.2, -0.15) is 5.10 Å². The van der Waals surface area contributed by atoms with Crippen LogP contribution in [0.1, 0.15) is 0 Å². The fourth-order valence-electron chi connectivity index (χ4n) is 3.52. The molecule has 4 N–H and O–H groups in total. The van der Waals surface area contributed by atoms with Crippen LogP contribution in [-0.4, -0.2) is 51.9 Å². The van der Waals surface area contributed by atoms with Crippen LogP contribution in [0.15, 0.2) is 48.2 Å². The summed E-state index contributed by atoms with van der Waals surface area (Å²) in [6.45, 7) is 4.01. The summed E-state index contributed by atoms with van der Waals surface area (Å²) < 4.78 is 6.63. The third-order valence-electron chi connectivity index (χ3n) is 4.99. The predicted octanol–water partition coefficient (Wildman–Crippen LogP) is 2.46. The van der Waals surface area contributed by atoms with Gasteiger partial charge in [-0.25, -0.2) is 19.3 Å². The number of carbonyl (C=O) groups excluding carboxylic acids is 1. The van der Waals surface area contributed by atoms with Gasteiger partial charge in [0.1, 0.15) is 6.33 Å². The van der Waals surface area contributed by atoms with E-state index in [0.717, 1.165) is 43.1 Å². The van der Waals surface area contributed by atoms with Crippen molar-refractivity contribution in [2.24, 2.45) is 5.73 Å². The average molecular weight is 437 g/mol. The summed E-state index contributed by atoms with van der Waals surface area (Å²) in [6.07, 6.45) is 2.33. The van der Waals surface area contributed by atoms with Crippen molar-refractivity contribution in [3.63, 3.8) is 0 Å². The van der Waals surface area contributed by atoms with Crippen molar-refractivity contribution < 1.29 is 9.53 Å². The first-order valence-corrected chi connectivity index (χ1v) is 10.6. The first-order valence-electron chi connectivity index (χ1n) is 9.75. The summed E-state index contributed by atoms with van der Waals surface area (Å²) in [6, 6.07) is 10.00. The van der Waals surface area contributed by atoms with Crippen LogP contribution < -0.4 is 26.0 Å². The minimum absolute atomic E-state index is 0.405. The number of nitrogens with zero attached hydrogens (tertiary/aromatic N) is 5. The highest BCUT2D eigenvalue weighted by atomic mass is 32.1. The molecule has 1 aromatic carbocycles. The maximum Gasteiger partial charge on any atom is 0.410 e. The van der Waals surface area contributed by atoms with E-state index in [9.17, 15) is 4.79 Å². The Bertz CT molecular complexity index is 1210. The molecule has 1 aliphatic heterocycles. The molecule has 0 aliphatic carbocycles. The molecule has 3 aromatic heterocycles. The molecule has 0 bridgehead atoms. The smallest absolute Gasteiger partial charge is 0.399 e. The number of thiophene rings is 1. The van der Waals surface area contributed by atoms with E-state index in [2.05, 4.69) is 42.7 Å². The van der Waals surface area contributed by atoms with E-state index >= 15 is 0 Å². The molecule has 10 nitrogen and oxygen atoms in total. The molecular formula is C20H20N8O2S. The number of fused-ring (bicyclic) bond motifs is 1. The second kappa shape index (κ2) is 8.20. The van der Waals surface area contributed by atoms with Crippen molar-refractivity contribution in [1.29, 1.82) is 0 Å². The van der Waals surface area contributed by atoms with Gasteiger partial charge in [0.05, 0.1) is 11.9 Å². The maximum atomic E-state index is 11.0. The van der Waals surface area contributed by atoms with E-state index in [0.29, 0.717) is 16.5 Å². The average Bonchev–Trinajstić information content (AvgIpc) is 3.45. The monoisotopic (exact) mass is 436 g/mol. The number of aromatic nitrogens is 4. The molecule has 158 valence electrons. The molecule has 1 aliphatic rings. The number of hydrogen-bond donors (Lipinski definition) is 3. The zero-order valence-electron chi connectivity index (χ0n) is 16.5. The van der Waals surface area contributed by atoms with Crippen molar-refractivity contribution in [1.82, 2.24) is 24.9 Å². The quantitative estimate of drug-likeness (QED) is 0.436. The van der Waals surface area contributed by atoms with E-state index in [1.165, 1.54) is 23.4 Å². The van der Waals surface area contributed by atoms with Gasteiger partial charge in [0.2, 0.25) is 0 Å². The standard InChI is InChI=1S/C20H20N8O2S/c21-20(29)30-17-9-13(11-31-17)16-10-23-18(19-24-12-25-28(16)19)26-14-1-3-15(4-2-14)27-7-5-22-6-8-27/h1-4,9-12,22H,5-8H2,(H2,21,29)(H,23,26). The van der Waals surface area contributed by atoms with E-state index in [4.69, 9.17) is 10.5 Å². The highest BCUT2D eigenvalue weighted by Gasteiger charge is 2.15. The van der Waals surface area contributed by atoms with Crippen LogP contribution in [0, 0.1) is 0 Å². The summed E-state index contributed by atoms with van der Waals surface area (Å²) >= 11 is 1.27. The molecule has 4 aromatic rings. The maximum absolute atomic E-state index is 11.0. The van der Waals surface area contributed by atoms with Gasteiger partial charge in [0.15, 0.2) is 16.5 Å². The molecule has 1 amide bonds. The molecule has 5 rings (SSSR count). The number of piperazine rings is 1. The number of nitrogens with one attached hydrogen (secondary N) is 2. The number of anilines is 3. The number of amides is 1. The van der Waals surface area contributed by atoms with E-state index < -0.39 is 6.09 Å². The van der Waals surface area contributed by atoms with Crippen LogP contribution in [0.4, 0.5) is 22.0 Å². The fourth-order valence-corrected chi connectivity index (χ4v) is 4.28. The molecule has 1 fully saturated rings. The lowest BCUT2D eigenvalue weighted by molar-refractivity contribution is 0.212. The van der Waals surface area contributed by atoms with Gasteiger partial charge < -0.3 is 26.0 Å². The van der Waals surface area contributed by atoms with Gasteiger partial charge in [0, 0.05) is 54.6 Å². The normalized spacial score (nSPS) is 14.0. The van der Waals surface area contributed by atoms with Gasteiger partial charge in [-0.05, 0) is 24.3 Å². The highest BCUT2D eigenvalue weighted by Crippen LogP contribution is 2.32. The zero-order chi connectivity index (χ0) is 21.2. The summed E-state index contributed by atoms with van der Waals surface area (Å²) in [5.41, 5.74) is 9.32. The van der Waals surface area contributed by atoms with Crippen LogP contribution in [0.3, 0.4) is 0 Å². The Morgan fingerprint density at radius 3 is 2.77 bits per heavy atom. The topological polar surface area (TPSA) is 123 Å². The lowest BCUT2D eigenvalue weighted by atomic mass is 10.2. The molecule has 0 atom stereocenters. The van der Waals surface area contributed by atoms with Crippen LogP contribution >= 0.6 is 11.3 Å². The Kier molecular flexibility index (Phi) is 5.10. The summed E-state index contributed by atoms with van der Waals surface area (Å²) in [5, 5.41) is 13.3. The predicted molar refractivity (Wildman–Crippen MR) is 119 cm³/mol. The Labute approximate surface area is 181 Å². The number of primary amides is 1. The number of rotatable bonds is 5. The Balaban J connectivity index is 1.39. The second-order valence-electron chi connectivity index (χ2n) is 6.97. The lowest BCUT2D eigenvalue weighted by Crippen LogP contribution is -2.43. The van der Waals surface area contributed by atoms with Crippen molar-refractivity contribution >= 4 is 40.3 Å². The van der Waals surface area contributed by atoms with Crippen LogP contribution in [-0.2, 0) is 0 Å². The van der Waals surface area contributed by atoms with Crippen molar-refractivity contribution in [3.05, 3.63) is 48.2 Å². The van der Waals surface area contributed by atoms with Crippen LogP contribution in [0.25, 0.3) is 16.9 Å². The Hall–Kier alpha value is -3.70. The molecular weight excluding hydrogens is 416 g/mol. The first kappa shape index (κ1) is 19.3. The van der Waals surface area contributed by atoms with Gasteiger partial charge in [-0.15, -0.1) is 11.3 Å². The molecule has 0 saturated carbocycles. The minimum Gasteiger partial charge on any atom is -0.399 e. The summed E-state index contributed by atoms with van der Waals surface area (Å²) in [7, 11) is 0. The van der Waals surface area contributed by atoms with Crippen molar-refractivity contribution in [3.8, 4) is 16.3 Å². The second-order valence-corrected chi connectivity index (χ2v) is 7.85. The third kappa shape index (κ3) is 4.00. The molecule has 0 radical (unpaired) electrons. The summed E-state index contributed by atoms with van der Waals surface area (Å²) in [4.78, 5) is 22.2. The number of carbonyl (C=O) groups is 1. The van der Waals surface area contributed by atoms with E-state index in [-0.39, 0.29) is 0 Å². The third-order valence-corrected chi connectivity index (χ3v) is 5.79. The van der Waals surface area contributed by atoms with Gasteiger partial charge in [-0.3, -0.25) is 0 Å². The van der Waals surface area contributed by atoms with E-state index in [1.807, 2.05) is 17.5 Å².